The van der Waals surface area contributed by atoms with E-state index in [0.29, 0.717) is 5.41 Å². The first-order valence-corrected chi connectivity index (χ1v) is 4.99. The lowest BCUT2D eigenvalue weighted by Crippen LogP contribution is -2.20. The monoisotopic (exact) mass is 175 g/mol. The van der Waals surface area contributed by atoms with Gasteiger partial charge in [-0.15, -0.1) is 0 Å². The second kappa shape index (κ2) is 2.83. The average Bonchev–Trinajstić information content (AvgIpc) is 2.45. The van der Waals surface area contributed by atoms with Gasteiger partial charge in [0.2, 0.25) is 0 Å². The summed E-state index contributed by atoms with van der Waals surface area (Å²) in [7, 11) is 0. The van der Waals surface area contributed by atoms with E-state index < -0.39 is 0 Å². The van der Waals surface area contributed by atoms with Crippen LogP contribution in [0.2, 0.25) is 0 Å². The largest absolute Gasteiger partial charge is 0.264 e. The van der Waals surface area contributed by atoms with Gasteiger partial charge in [-0.3, -0.25) is 4.98 Å². The number of fused-ring (bicyclic) bond motifs is 1. The maximum Gasteiger partial charge on any atom is 0.0302 e. The first-order chi connectivity index (χ1) is 6.07. The van der Waals surface area contributed by atoms with E-state index in [4.69, 9.17) is 0 Å². The minimum Gasteiger partial charge on any atom is -0.264 e. The summed E-state index contributed by atoms with van der Waals surface area (Å²) >= 11 is 0. The first kappa shape index (κ1) is 8.74. The van der Waals surface area contributed by atoms with Crippen molar-refractivity contribution in [1.29, 1.82) is 0 Å². The Bertz CT molecular complexity index is 284. The van der Waals surface area contributed by atoms with Crippen molar-refractivity contribution in [2.24, 2.45) is 11.3 Å². The summed E-state index contributed by atoms with van der Waals surface area (Å²) in [6, 6.07) is 2.17. The third-order valence-corrected chi connectivity index (χ3v) is 3.16. The number of hydrogen-bond acceptors (Lipinski definition) is 1. The molecule has 1 aromatic rings. The van der Waals surface area contributed by atoms with Gasteiger partial charge in [-0.2, -0.15) is 0 Å². The fourth-order valence-corrected chi connectivity index (χ4v) is 2.05. The van der Waals surface area contributed by atoms with Crippen molar-refractivity contribution in [3.8, 4) is 0 Å². The summed E-state index contributed by atoms with van der Waals surface area (Å²) in [6.45, 7) is 6.99. The molecule has 1 nitrogen and oxygen atoms in total. The Kier molecular flexibility index (Phi) is 1.90. The van der Waals surface area contributed by atoms with Gasteiger partial charge in [0.05, 0.1) is 0 Å². The van der Waals surface area contributed by atoms with Crippen molar-refractivity contribution >= 4 is 0 Å². The molecule has 1 heteroatoms. The summed E-state index contributed by atoms with van der Waals surface area (Å²) in [5, 5.41) is 0. The van der Waals surface area contributed by atoms with Crippen molar-refractivity contribution in [3.05, 3.63) is 29.6 Å². The molecule has 0 N–H and O–H groups in total. The molecule has 1 aromatic heterocycles. The lowest BCUT2D eigenvalue weighted by Gasteiger charge is -2.26. The van der Waals surface area contributed by atoms with E-state index >= 15 is 0 Å². The van der Waals surface area contributed by atoms with E-state index in [1.807, 2.05) is 12.4 Å². The second-order valence-electron chi connectivity index (χ2n) is 5.12. The molecule has 1 heterocycles. The van der Waals surface area contributed by atoms with Crippen molar-refractivity contribution in [2.75, 3.05) is 0 Å². The summed E-state index contributed by atoms with van der Waals surface area (Å²) in [6.07, 6.45) is 6.39. The fraction of sp³-hybridized carbons (Fsp3) is 0.583. The minimum atomic E-state index is 0.430. The summed E-state index contributed by atoms with van der Waals surface area (Å²) in [5.74, 6) is 0.798. The molecule has 70 valence electrons. The standard InChI is InChI=1S/C12H17N/c1-12(2,3)11-6-9-4-5-13-8-10(9)7-11/h4-5,8,11H,6-7H2,1-3H3/t11-/m1/s1. The third kappa shape index (κ3) is 1.60. The van der Waals surface area contributed by atoms with Crippen molar-refractivity contribution < 1.29 is 0 Å². The molecule has 0 radical (unpaired) electrons. The third-order valence-electron chi connectivity index (χ3n) is 3.16. The van der Waals surface area contributed by atoms with Crippen LogP contribution in [0.5, 0.6) is 0 Å². The zero-order chi connectivity index (χ0) is 9.47. The second-order valence-corrected chi connectivity index (χ2v) is 5.12. The molecule has 0 aromatic carbocycles. The summed E-state index contributed by atoms with van der Waals surface area (Å²) < 4.78 is 0. The number of pyridine rings is 1. The van der Waals surface area contributed by atoms with Gasteiger partial charge in [-0.05, 0) is 41.4 Å². The van der Waals surface area contributed by atoms with Gasteiger partial charge in [0.1, 0.15) is 0 Å². The molecule has 1 aliphatic carbocycles. The van der Waals surface area contributed by atoms with Gasteiger partial charge < -0.3 is 0 Å². The van der Waals surface area contributed by atoms with E-state index in [2.05, 4.69) is 31.8 Å². The predicted molar refractivity (Wildman–Crippen MR) is 54.6 cm³/mol. The SMILES string of the molecule is CC(C)(C)[C@@H]1Cc2ccncc2C1. The number of nitrogens with zero attached hydrogens (tertiary/aromatic N) is 1. The van der Waals surface area contributed by atoms with Gasteiger partial charge in [0.15, 0.2) is 0 Å². The molecule has 0 amide bonds. The Labute approximate surface area is 80.2 Å². The van der Waals surface area contributed by atoms with Gasteiger partial charge in [-0.1, -0.05) is 20.8 Å². The molecular weight excluding hydrogens is 158 g/mol. The highest BCUT2D eigenvalue weighted by molar-refractivity contribution is 5.29. The van der Waals surface area contributed by atoms with E-state index in [1.165, 1.54) is 24.0 Å². The highest BCUT2D eigenvalue weighted by Crippen LogP contribution is 2.37. The average molecular weight is 175 g/mol. The Morgan fingerprint density at radius 1 is 1.23 bits per heavy atom. The van der Waals surface area contributed by atoms with E-state index in [1.54, 1.807) is 0 Å². The smallest absolute Gasteiger partial charge is 0.0302 e. The first-order valence-electron chi connectivity index (χ1n) is 4.99. The normalized spacial score (nSPS) is 21.6. The minimum absolute atomic E-state index is 0.430. The van der Waals surface area contributed by atoms with Crippen LogP contribution in [-0.4, -0.2) is 4.98 Å². The van der Waals surface area contributed by atoms with Crippen molar-refractivity contribution in [1.82, 2.24) is 4.98 Å². The molecule has 1 atom stereocenters. The van der Waals surface area contributed by atoms with Crippen LogP contribution < -0.4 is 0 Å². The molecule has 0 fully saturated rings. The number of hydrogen-bond donors (Lipinski definition) is 0. The lowest BCUT2D eigenvalue weighted by molar-refractivity contribution is 0.251. The van der Waals surface area contributed by atoms with Crippen LogP contribution in [0.1, 0.15) is 31.9 Å². The van der Waals surface area contributed by atoms with Gasteiger partial charge in [-0.25, -0.2) is 0 Å². The van der Waals surface area contributed by atoms with Gasteiger partial charge >= 0.3 is 0 Å². The van der Waals surface area contributed by atoms with Gasteiger partial charge in [0, 0.05) is 12.4 Å². The summed E-state index contributed by atoms with van der Waals surface area (Å²) in [4.78, 5) is 4.17. The van der Waals surface area contributed by atoms with Crippen LogP contribution in [0, 0.1) is 11.3 Å². The van der Waals surface area contributed by atoms with Crippen molar-refractivity contribution in [3.63, 3.8) is 0 Å². The maximum atomic E-state index is 4.17. The highest BCUT2D eigenvalue weighted by atomic mass is 14.6. The molecular formula is C12H17N. The van der Waals surface area contributed by atoms with Crippen LogP contribution in [0.4, 0.5) is 0 Å². The van der Waals surface area contributed by atoms with Crippen LogP contribution in [0.3, 0.4) is 0 Å². The maximum absolute atomic E-state index is 4.17. The molecule has 0 saturated heterocycles. The fourth-order valence-electron chi connectivity index (χ4n) is 2.05. The van der Waals surface area contributed by atoms with E-state index in [0.717, 1.165) is 5.92 Å². The van der Waals surface area contributed by atoms with Crippen LogP contribution in [-0.2, 0) is 12.8 Å². The van der Waals surface area contributed by atoms with E-state index in [-0.39, 0.29) is 0 Å². The molecule has 2 rings (SSSR count). The molecule has 0 unspecified atom stereocenters. The summed E-state index contributed by atoms with van der Waals surface area (Å²) in [5.41, 5.74) is 3.40. The number of rotatable bonds is 0. The zero-order valence-electron chi connectivity index (χ0n) is 8.67. The molecule has 0 spiro atoms. The highest BCUT2D eigenvalue weighted by Gasteiger charge is 2.30. The topological polar surface area (TPSA) is 12.9 Å². The number of aromatic nitrogens is 1. The van der Waals surface area contributed by atoms with Crippen LogP contribution in [0.25, 0.3) is 0 Å². The quantitative estimate of drug-likeness (QED) is 0.591. The van der Waals surface area contributed by atoms with E-state index in [9.17, 15) is 0 Å². The van der Waals surface area contributed by atoms with Crippen LogP contribution >= 0.6 is 0 Å². The van der Waals surface area contributed by atoms with Crippen LogP contribution in [0.15, 0.2) is 18.5 Å². The zero-order valence-corrected chi connectivity index (χ0v) is 8.67. The molecule has 0 aliphatic heterocycles. The van der Waals surface area contributed by atoms with Gasteiger partial charge in [0.25, 0.3) is 0 Å². The predicted octanol–water partition coefficient (Wildman–Crippen LogP) is 2.84. The Morgan fingerprint density at radius 2 is 1.92 bits per heavy atom. The molecule has 1 aliphatic rings. The Balaban J connectivity index is 2.23. The van der Waals surface area contributed by atoms with Crippen molar-refractivity contribution in [2.45, 2.75) is 33.6 Å². The Hall–Kier alpha value is -0.850. The molecule has 0 saturated carbocycles. The lowest BCUT2D eigenvalue weighted by atomic mass is 9.79. The molecule has 0 bridgehead atoms. The molecule has 13 heavy (non-hydrogen) atoms. The Morgan fingerprint density at radius 3 is 2.54 bits per heavy atom.